The van der Waals surface area contributed by atoms with E-state index in [2.05, 4.69) is 29.7 Å². The van der Waals surface area contributed by atoms with E-state index in [4.69, 9.17) is 11.6 Å². The van der Waals surface area contributed by atoms with Crippen LogP contribution in [0.5, 0.6) is 0 Å². The van der Waals surface area contributed by atoms with E-state index in [9.17, 15) is 5.11 Å². The molecule has 1 aromatic rings. The fraction of sp³-hybridized carbons (Fsp3) is 0.625. The second kappa shape index (κ2) is 6.79. The van der Waals surface area contributed by atoms with Crippen LogP contribution in [0.15, 0.2) is 18.2 Å². The average molecular weight is 297 g/mol. The monoisotopic (exact) mass is 296 g/mol. The van der Waals surface area contributed by atoms with Gasteiger partial charge in [0.2, 0.25) is 0 Å². The Balaban J connectivity index is 2.02. The van der Waals surface area contributed by atoms with Gasteiger partial charge in [-0.25, -0.2) is 0 Å². The van der Waals surface area contributed by atoms with Gasteiger partial charge in [0.1, 0.15) is 0 Å². The number of piperazine rings is 1. The van der Waals surface area contributed by atoms with Gasteiger partial charge in [-0.3, -0.25) is 4.90 Å². The van der Waals surface area contributed by atoms with Gasteiger partial charge in [-0.15, -0.1) is 0 Å². The predicted octanol–water partition coefficient (Wildman–Crippen LogP) is 3.31. The summed E-state index contributed by atoms with van der Waals surface area (Å²) in [4.78, 5) is 4.92. The zero-order valence-corrected chi connectivity index (χ0v) is 13.4. The van der Waals surface area contributed by atoms with Crippen molar-refractivity contribution in [3.8, 4) is 0 Å². The van der Waals surface area contributed by atoms with Crippen molar-refractivity contribution in [3.05, 3.63) is 28.8 Å². The molecule has 0 spiro atoms. The molecule has 0 aromatic heterocycles. The molecule has 0 amide bonds. The fourth-order valence-corrected chi connectivity index (χ4v) is 3.06. The minimum atomic E-state index is -0.515. The second-order valence-corrected chi connectivity index (χ2v) is 6.07. The van der Waals surface area contributed by atoms with Gasteiger partial charge < -0.3 is 10.0 Å². The lowest BCUT2D eigenvalue weighted by atomic mass is 10.1. The first-order valence-electron chi connectivity index (χ1n) is 7.49. The Morgan fingerprint density at radius 3 is 2.35 bits per heavy atom. The minimum Gasteiger partial charge on any atom is -0.389 e. The summed E-state index contributed by atoms with van der Waals surface area (Å²) in [5.41, 5.74) is 1.96. The summed E-state index contributed by atoms with van der Waals surface area (Å²) in [5, 5.41) is 10.3. The summed E-state index contributed by atoms with van der Waals surface area (Å²) in [6, 6.07) is 6.64. The molecular formula is C16H25ClN2O. The van der Waals surface area contributed by atoms with Crippen molar-refractivity contribution in [3.63, 3.8) is 0 Å². The number of benzene rings is 1. The van der Waals surface area contributed by atoms with E-state index < -0.39 is 6.10 Å². The lowest BCUT2D eigenvalue weighted by Gasteiger charge is -2.39. The van der Waals surface area contributed by atoms with E-state index in [0.717, 1.165) is 37.4 Å². The Morgan fingerprint density at radius 2 is 1.85 bits per heavy atom. The van der Waals surface area contributed by atoms with E-state index >= 15 is 0 Å². The molecule has 1 aromatic carbocycles. The van der Waals surface area contributed by atoms with Crippen LogP contribution in [-0.2, 0) is 0 Å². The first kappa shape index (κ1) is 15.6. The zero-order valence-electron chi connectivity index (χ0n) is 12.6. The largest absolute Gasteiger partial charge is 0.389 e. The van der Waals surface area contributed by atoms with E-state index in [0.29, 0.717) is 11.1 Å². The van der Waals surface area contributed by atoms with E-state index in [1.165, 1.54) is 6.42 Å². The van der Waals surface area contributed by atoms with E-state index in [-0.39, 0.29) is 0 Å². The lowest BCUT2D eigenvalue weighted by molar-refractivity contribution is 0.192. The second-order valence-electron chi connectivity index (χ2n) is 5.66. The molecule has 4 heteroatoms. The van der Waals surface area contributed by atoms with Crippen LogP contribution < -0.4 is 4.90 Å². The van der Waals surface area contributed by atoms with Gasteiger partial charge in [-0.1, -0.05) is 24.6 Å². The maximum Gasteiger partial charge on any atom is 0.0776 e. The molecular weight excluding hydrogens is 272 g/mol. The molecule has 0 radical (unpaired) electrons. The summed E-state index contributed by atoms with van der Waals surface area (Å²) in [7, 11) is 0. The predicted molar refractivity (Wildman–Crippen MR) is 85.6 cm³/mol. The quantitative estimate of drug-likeness (QED) is 0.923. The van der Waals surface area contributed by atoms with Crippen molar-refractivity contribution >= 4 is 17.3 Å². The van der Waals surface area contributed by atoms with Crippen molar-refractivity contribution in [2.45, 2.75) is 39.3 Å². The van der Waals surface area contributed by atoms with Crippen LogP contribution in [0.4, 0.5) is 5.69 Å². The number of aliphatic hydroxyl groups excluding tert-OH is 1. The summed E-state index contributed by atoms with van der Waals surface area (Å²) >= 11 is 6.25. The average Bonchev–Trinajstić information content (AvgIpc) is 2.46. The smallest absolute Gasteiger partial charge is 0.0776 e. The summed E-state index contributed by atoms with van der Waals surface area (Å²) in [6.45, 7) is 10.6. The van der Waals surface area contributed by atoms with Crippen LogP contribution in [0.1, 0.15) is 38.9 Å². The Hall–Kier alpha value is -0.770. The van der Waals surface area contributed by atoms with E-state index in [1.54, 1.807) is 6.92 Å². The number of aliphatic hydroxyl groups is 1. The number of anilines is 1. The molecule has 0 bridgehead atoms. The number of hydrogen-bond donors (Lipinski definition) is 1. The highest BCUT2D eigenvalue weighted by Crippen LogP contribution is 2.28. The minimum absolute atomic E-state index is 0.515. The molecule has 20 heavy (non-hydrogen) atoms. The molecule has 1 aliphatic heterocycles. The van der Waals surface area contributed by atoms with Gasteiger partial charge in [0, 0.05) is 42.9 Å². The number of rotatable bonds is 4. The number of nitrogens with zero attached hydrogens (tertiary/aromatic N) is 2. The summed E-state index contributed by atoms with van der Waals surface area (Å²) < 4.78 is 0. The normalized spacial score (nSPS) is 19.9. The third-order valence-electron chi connectivity index (χ3n) is 4.33. The van der Waals surface area contributed by atoms with Gasteiger partial charge in [-0.2, -0.15) is 0 Å². The number of halogens is 1. The molecule has 1 N–H and O–H groups in total. The zero-order chi connectivity index (χ0) is 14.7. The molecule has 2 unspecified atom stereocenters. The van der Waals surface area contributed by atoms with Crippen LogP contribution in [-0.4, -0.2) is 42.2 Å². The standard InChI is InChI=1S/C16H25ClN2O/c1-4-12(2)18-7-9-19(10-8-18)14-5-6-15(13(3)20)16(17)11-14/h5-6,11-13,20H,4,7-10H2,1-3H3. The maximum absolute atomic E-state index is 9.62. The molecule has 2 rings (SSSR count). The Morgan fingerprint density at radius 1 is 1.20 bits per heavy atom. The van der Waals surface area contributed by atoms with Gasteiger partial charge >= 0.3 is 0 Å². The molecule has 2 atom stereocenters. The molecule has 112 valence electrons. The maximum atomic E-state index is 9.62. The van der Waals surface area contributed by atoms with Crippen LogP contribution in [0.2, 0.25) is 5.02 Å². The third-order valence-corrected chi connectivity index (χ3v) is 4.66. The Bertz CT molecular complexity index is 442. The first-order valence-corrected chi connectivity index (χ1v) is 7.87. The highest BCUT2D eigenvalue weighted by atomic mass is 35.5. The Kier molecular flexibility index (Phi) is 5.30. The molecule has 3 nitrogen and oxygen atoms in total. The fourth-order valence-electron chi connectivity index (χ4n) is 2.73. The molecule has 1 saturated heterocycles. The van der Waals surface area contributed by atoms with Gasteiger partial charge in [0.05, 0.1) is 6.10 Å². The van der Waals surface area contributed by atoms with Crippen molar-refractivity contribution < 1.29 is 5.11 Å². The summed E-state index contributed by atoms with van der Waals surface area (Å²) in [5.74, 6) is 0. The summed E-state index contributed by atoms with van der Waals surface area (Å²) in [6.07, 6.45) is 0.688. The topological polar surface area (TPSA) is 26.7 Å². The van der Waals surface area contributed by atoms with Crippen LogP contribution in [0.25, 0.3) is 0 Å². The van der Waals surface area contributed by atoms with Gasteiger partial charge in [0.25, 0.3) is 0 Å². The molecule has 0 saturated carbocycles. The third kappa shape index (κ3) is 3.46. The lowest BCUT2D eigenvalue weighted by Crippen LogP contribution is -2.49. The van der Waals surface area contributed by atoms with Crippen LogP contribution >= 0.6 is 11.6 Å². The molecule has 1 fully saturated rings. The van der Waals surface area contributed by atoms with Gasteiger partial charge in [-0.05, 0) is 38.0 Å². The first-order chi connectivity index (χ1) is 9.52. The van der Waals surface area contributed by atoms with Crippen molar-refractivity contribution in [2.75, 3.05) is 31.1 Å². The molecule has 0 aliphatic carbocycles. The van der Waals surface area contributed by atoms with E-state index in [1.807, 2.05) is 12.1 Å². The van der Waals surface area contributed by atoms with Crippen LogP contribution in [0.3, 0.4) is 0 Å². The highest BCUT2D eigenvalue weighted by molar-refractivity contribution is 6.31. The molecule has 1 heterocycles. The SMILES string of the molecule is CCC(C)N1CCN(c2ccc(C(C)O)c(Cl)c2)CC1. The van der Waals surface area contributed by atoms with Crippen molar-refractivity contribution in [1.82, 2.24) is 4.90 Å². The highest BCUT2D eigenvalue weighted by Gasteiger charge is 2.20. The number of hydrogen-bond acceptors (Lipinski definition) is 3. The van der Waals surface area contributed by atoms with Crippen LogP contribution in [0, 0.1) is 0 Å². The molecule has 1 aliphatic rings. The Labute approximate surface area is 127 Å². The van der Waals surface area contributed by atoms with Crippen molar-refractivity contribution in [2.24, 2.45) is 0 Å². The van der Waals surface area contributed by atoms with Gasteiger partial charge in [0.15, 0.2) is 0 Å². The van der Waals surface area contributed by atoms with Crippen molar-refractivity contribution in [1.29, 1.82) is 0 Å².